The Hall–Kier alpha value is -2.51. The number of fused-ring (bicyclic) bond motifs is 1. The van der Waals surface area contributed by atoms with Crippen LogP contribution in [-0.4, -0.2) is 29.3 Å². The number of thiazole rings is 1. The number of nitrogens with zero attached hydrogens (tertiary/aromatic N) is 2. The summed E-state index contributed by atoms with van der Waals surface area (Å²) in [5.41, 5.74) is 2.36. The number of anilines is 1. The Balaban J connectivity index is 1.72. The molecule has 0 saturated heterocycles. The third-order valence-corrected chi connectivity index (χ3v) is 5.86. The molecule has 2 aromatic heterocycles. The van der Waals surface area contributed by atoms with Crippen LogP contribution >= 0.6 is 22.7 Å². The molecule has 0 spiro atoms. The van der Waals surface area contributed by atoms with Gasteiger partial charge < -0.3 is 4.74 Å². The van der Waals surface area contributed by atoms with Gasteiger partial charge >= 0.3 is 0 Å². The van der Waals surface area contributed by atoms with Crippen LogP contribution in [0.3, 0.4) is 0 Å². The Morgan fingerprint density at radius 3 is 2.85 bits per heavy atom. The maximum atomic E-state index is 12.7. The number of benzene rings is 1. The summed E-state index contributed by atoms with van der Waals surface area (Å²) < 4.78 is 5.72. The number of aryl methyl sites for hydroxylation is 1. The summed E-state index contributed by atoms with van der Waals surface area (Å²) in [7, 11) is 0. The minimum Gasteiger partial charge on any atom is -0.479 e. The summed E-state index contributed by atoms with van der Waals surface area (Å²) in [5.74, 6) is 0.309. The van der Waals surface area contributed by atoms with Crippen LogP contribution in [0.25, 0.3) is 11.3 Å². The molecule has 26 heavy (non-hydrogen) atoms. The van der Waals surface area contributed by atoms with Crippen LogP contribution < -0.4 is 9.64 Å². The van der Waals surface area contributed by atoms with Gasteiger partial charge in [0.25, 0.3) is 5.91 Å². The second kappa shape index (κ2) is 6.66. The molecule has 0 radical (unpaired) electrons. The number of ether oxygens (including phenoxy) is 1. The van der Waals surface area contributed by atoms with Gasteiger partial charge in [0.1, 0.15) is 5.75 Å². The number of carbonyl (C=O) groups is 2. The van der Waals surface area contributed by atoms with E-state index in [-0.39, 0.29) is 18.2 Å². The van der Waals surface area contributed by atoms with E-state index in [0.717, 1.165) is 16.3 Å². The molecule has 1 atom stereocenters. The molecule has 1 amide bonds. The molecule has 3 aromatic rings. The first-order valence-corrected chi connectivity index (χ1v) is 9.90. The van der Waals surface area contributed by atoms with Crippen molar-refractivity contribution in [2.75, 3.05) is 11.4 Å². The smallest absolute Gasteiger partial charge is 0.268 e. The van der Waals surface area contributed by atoms with Crippen LogP contribution in [-0.2, 0) is 4.79 Å². The van der Waals surface area contributed by atoms with Crippen molar-refractivity contribution in [2.45, 2.75) is 20.0 Å². The number of amides is 1. The van der Waals surface area contributed by atoms with Crippen molar-refractivity contribution in [2.24, 2.45) is 0 Å². The molecule has 0 bridgehead atoms. The lowest BCUT2D eigenvalue weighted by Gasteiger charge is -2.32. The third-order valence-electron chi connectivity index (χ3n) is 4.18. The van der Waals surface area contributed by atoms with E-state index >= 15 is 0 Å². The van der Waals surface area contributed by atoms with E-state index in [1.54, 1.807) is 24.3 Å². The molecule has 0 saturated carbocycles. The van der Waals surface area contributed by atoms with Gasteiger partial charge in [-0.05, 0) is 43.5 Å². The Morgan fingerprint density at radius 1 is 1.31 bits per heavy atom. The minimum absolute atomic E-state index is 0.000404. The van der Waals surface area contributed by atoms with Crippen LogP contribution in [0.5, 0.6) is 5.75 Å². The highest BCUT2D eigenvalue weighted by atomic mass is 32.1. The number of hydrogen-bond acceptors (Lipinski definition) is 6. The Labute approximate surface area is 158 Å². The Morgan fingerprint density at radius 2 is 2.15 bits per heavy atom. The molecule has 5 nitrogen and oxygen atoms in total. The van der Waals surface area contributed by atoms with Gasteiger partial charge in [0.05, 0.1) is 27.8 Å². The number of aromatic nitrogens is 1. The topological polar surface area (TPSA) is 59.5 Å². The second-order valence-electron chi connectivity index (χ2n) is 6.02. The summed E-state index contributed by atoms with van der Waals surface area (Å²) in [5, 5.41) is 4.81. The van der Waals surface area contributed by atoms with E-state index in [1.165, 1.54) is 16.2 Å². The number of ketones is 1. The maximum Gasteiger partial charge on any atom is 0.268 e. The van der Waals surface area contributed by atoms with Crippen molar-refractivity contribution in [3.8, 4) is 17.0 Å². The first-order chi connectivity index (χ1) is 12.5. The van der Waals surface area contributed by atoms with E-state index in [2.05, 4.69) is 4.98 Å². The zero-order valence-corrected chi connectivity index (χ0v) is 15.9. The van der Waals surface area contributed by atoms with Gasteiger partial charge in [-0.25, -0.2) is 4.98 Å². The molecule has 1 aliphatic rings. The normalized spacial score (nSPS) is 16.3. The third kappa shape index (κ3) is 3.04. The predicted molar refractivity (Wildman–Crippen MR) is 103 cm³/mol. The number of thiophene rings is 1. The second-order valence-corrected chi connectivity index (χ2v) is 8.03. The molecule has 0 N–H and O–H groups in total. The molecule has 132 valence electrons. The fourth-order valence-electron chi connectivity index (χ4n) is 2.88. The van der Waals surface area contributed by atoms with Gasteiger partial charge in [0.15, 0.2) is 11.9 Å². The average molecular weight is 384 g/mol. The quantitative estimate of drug-likeness (QED) is 0.633. The largest absolute Gasteiger partial charge is 0.479 e. The summed E-state index contributed by atoms with van der Waals surface area (Å²) >= 11 is 2.95. The lowest BCUT2D eigenvalue weighted by Crippen LogP contribution is -2.46. The Bertz CT molecular complexity index is 979. The highest BCUT2D eigenvalue weighted by Crippen LogP contribution is 2.38. The van der Waals surface area contributed by atoms with Crippen LogP contribution in [0.15, 0.2) is 41.1 Å². The van der Waals surface area contributed by atoms with E-state index in [0.29, 0.717) is 16.3 Å². The lowest BCUT2D eigenvalue weighted by molar-refractivity contribution is -0.125. The van der Waals surface area contributed by atoms with Crippen LogP contribution in [0.1, 0.15) is 21.6 Å². The summed E-state index contributed by atoms with van der Waals surface area (Å²) in [6.45, 7) is 3.65. The average Bonchev–Trinajstić information content (AvgIpc) is 3.30. The lowest BCUT2D eigenvalue weighted by atomic mass is 10.1. The van der Waals surface area contributed by atoms with Crippen LogP contribution in [0.2, 0.25) is 0 Å². The predicted octanol–water partition coefficient (Wildman–Crippen LogP) is 4.18. The van der Waals surface area contributed by atoms with Crippen molar-refractivity contribution >= 4 is 40.1 Å². The SMILES string of the molecule is Cc1nc(-c2ccc3c(c2)N(CC(=O)c2cccs2)C(=O)C(C)O3)cs1. The molecule has 4 rings (SSSR count). The van der Waals surface area contributed by atoms with Crippen molar-refractivity contribution in [1.82, 2.24) is 4.98 Å². The number of hydrogen-bond donors (Lipinski definition) is 0. The minimum atomic E-state index is -0.619. The van der Waals surface area contributed by atoms with E-state index < -0.39 is 6.10 Å². The fourth-order valence-corrected chi connectivity index (χ4v) is 4.16. The van der Waals surface area contributed by atoms with E-state index in [1.807, 2.05) is 41.9 Å². The van der Waals surface area contributed by atoms with E-state index in [9.17, 15) is 9.59 Å². The highest BCUT2D eigenvalue weighted by Gasteiger charge is 2.33. The standard InChI is InChI=1S/C19H16N2O3S2/c1-11-19(23)21(9-16(22)18-4-3-7-25-18)15-8-13(5-6-17(15)24-11)14-10-26-12(2)20-14/h3-8,10-11H,9H2,1-2H3. The summed E-state index contributed by atoms with van der Waals surface area (Å²) in [6.07, 6.45) is -0.619. The van der Waals surface area contributed by atoms with E-state index in [4.69, 9.17) is 4.74 Å². The summed E-state index contributed by atoms with van der Waals surface area (Å²) in [6, 6.07) is 9.24. The van der Waals surface area contributed by atoms with Crippen molar-refractivity contribution < 1.29 is 14.3 Å². The van der Waals surface area contributed by atoms with Crippen LogP contribution in [0, 0.1) is 6.92 Å². The fraction of sp³-hybridized carbons (Fsp3) is 0.211. The number of Topliss-reactive ketones (excluding diaryl/α,β-unsaturated/α-hetero) is 1. The zero-order valence-electron chi connectivity index (χ0n) is 14.3. The van der Waals surface area contributed by atoms with Crippen LogP contribution in [0.4, 0.5) is 5.69 Å². The first kappa shape index (κ1) is 16.9. The van der Waals surface area contributed by atoms with Gasteiger partial charge in [-0.2, -0.15) is 0 Å². The highest BCUT2D eigenvalue weighted by molar-refractivity contribution is 7.12. The monoisotopic (exact) mass is 384 g/mol. The van der Waals surface area contributed by atoms with Gasteiger partial charge in [0.2, 0.25) is 0 Å². The molecule has 1 unspecified atom stereocenters. The maximum absolute atomic E-state index is 12.7. The molecule has 1 aliphatic heterocycles. The Kier molecular flexibility index (Phi) is 4.34. The summed E-state index contributed by atoms with van der Waals surface area (Å²) in [4.78, 5) is 31.9. The number of carbonyl (C=O) groups excluding carboxylic acids is 2. The molecule has 7 heteroatoms. The van der Waals surface area contributed by atoms with Crippen molar-refractivity contribution in [3.63, 3.8) is 0 Å². The van der Waals surface area contributed by atoms with Crippen molar-refractivity contribution in [3.05, 3.63) is 51.0 Å². The van der Waals surface area contributed by atoms with Crippen molar-refractivity contribution in [1.29, 1.82) is 0 Å². The van der Waals surface area contributed by atoms with Gasteiger partial charge in [-0.3, -0.25) is 14.5 Å². The molecular weight excluding hydrogens is 368 g/mol. The van der Waals surface area contributed by atoms with Gasteiger partial charge in [-0.15, -0.1) is 22.7 Å². The molecular formula is C19H16N2O3S2. The van der Waals surface area contributed by atoms with Gasteiger partial charge in [0, 0.05) is 10.9 Å². The molecule has 3 heterocycles. The molecule has 1 aromatic carbocycles. The van der Waals surface area contributed by atoms with Gasteiger partial charge in [-0.1, -0.05) is 6.07 Å². The number of rotatable bonds is 4. The zero-order chi connectivity index (χ0) is 18.3. The molecule has 0 aliphatic carbocycles. The molecule has 0 fully saturated rings. The first-order valence-electron chi connectivity index (χ1n) is 8.14.